The SMILES string of the molecule is Cc1ccc(NC[C@@H]2CCCC(n3cc(-c4ccccc4)nn3)C2=O)cc1. The van der Waals surface area contributed by atoms with Crippen LogP contribution in [0.25, 0.3) is 11.3 Å². The minimum absolute atomic E-state index is 0.00873. The van der Waals surface area contributed by atoms with Crippen LogP contribution < -0.4 is 5.32 Å². The molecule has 1 N–H and O–H groups in total. The average molecular weight is 360 g/mol. The van der Waals surface area contributed by atoms with E-state index >= 15 is 0 Å². The molecule has 0 amide bonds. The molecule has 0 bridgehead atoms. The zero-order valence-corrected chi connectivity index (χ0v) is 15.5. The van der Waals surface area contributed by atoms with E-state index in [0.717, 1.165) is 36.2 Å². The van der Waals surface area contributed by atoms with Crippen molar-refractivity contribution >= 4 is 11.5 Å². The van der Waals surface area contributed by atoms with Crippen molar-refractivity contribution < 1.29 is 4.79 Å². The molecule has 1 fully saturated rings. The minimum atomic E-state index is -0.214. The van der Waals surface area contributed by atoms with Crippen molar-refractivity contribution in [1.29, 1.82) is 0 Å². The van der Waals surface area contributed by atoms with Crippen molar-refractivity contribution in [3.63, 3.8) is 0 Å². The van der Waals surface area contributed by atoms with Gasteiger partial charge in [-0.3, -0.25) is 4.79 Å². The molecule has 1 aliphatic carbocycles. The Kier molecular flexibility index (Phi) is 5.01. The first-order valence-corrected chi connectivity index (χ1v) is 9.52. The van der Waals surface area contributed by atoms with Gasteiger partial charge < -0.3 is 5.32 Å². The Morgan fingerprint density at radius 2 is 1.85 bits per heavy atom. The summed E-state index contributed by atoms with van der Waals surface area (Å²) in [7, 11) is 0. The molecule has 27 heavy (non-hydrogen) atoms. The van der Waals surface area contributed by atoms with Crippen LogP contribution >= 0.6 is 0 Å². The second-order valence-corrected chi connectivity index (χ2v) is 7.24. The Hall–Kier alpha value is -2.95. The van der Waals surface area contributed by atoms with Crippen LogP contribution in [0.2, 0.25) is 0 Å². The number of Topliss-reactive ketones (excluding diaryl/α,β-unsaturated/α-hetero) is 1. The number of nitrogens with zero attached hydrogens (tertiary/aromatic N) is 3. The predicted molar refractivity (Wildman–Crippen MR) is 107 cm³/mol. The summed E-state index contributed by atoms with van der Waals surface area (Å²) >= 11 is 0. The summed E-state index contributed by atoms with van der Waals surface area (Å²) in [4.78, 5) is 13.0. The fourth-order valence-corrected chi connectivity index (χ4v) is 3.66. The number of nitrogens with one attached hydrogen (secondary N) is 1. The lowest BCUT2D eigenvalue weighted by Crippen LogP contribution is -2.34. The molecular formula is C22H24N4O. The Morgan fingerprint density at radius 3 is 2.63 bits per heavy atom. The van der Waals surface area contributed by atoms with Gasteiger partial charge in [-0.15, -0.1) is 5.10 Å². The summed E-state index contributed by atoms with van der Waals surface area (Å²) in [6.45, 7) is 2.74. The lowest BCUT2D eigenvalue weighted by Gasteiger charge is -2.28. The molecule has 0 aliphatic heterocycles. The number of rotatable bonds is 5. The molecule has 1 aromatic heterocycles. The first-order chi connectivity index (χ1) is 13.2. The Balaban J connectivity index is 1.44. The highest BCUT2D eigenvalue weighted by Crippen LogP contribution is 2.30. The van der Waals surface area contributed by atoms with Crippen LogP contribution in [0.15, 0.2) is 60.8 Å². The van der Waals surface area contributed by atoms with Crippen molar-refractivity contribution in [3.8, 4) is 11.3 Å². The molecule has 2 aromatic carbocycles. The number of ketones is 1. The van der Waals surface area contributed by atoms with E-state index in [4.69, 9.17) is 0 Å². The molecule has 1 aliphatic rings. The third-order valence-electron chi connectivity index (χ3n) is 5.26. The zero-order chi connectivity index (χ0) is 18.6. The van der Waals surface area contributed by atoms with E-state index in [1.54, 1.807) is 4.68 Å². The number of hydrogen-bond donors (Lipinski definition) is 1. The van der Waals surface area contributed by atoms with Gasteiger partial charge in [-0.2, -0.15) is 0 Å². The molecule has 1 unspecified atom stereocenters. The average Bonchev–Trinajstić information content (AvgIpc) is 3.19. The lowest BCUT2D eigenvalue weighted by molar-refractivity contribution is -0.128. The molecule has 0 radical (unpaired) electrons. The maximum absolute atomic E-state index is 13.0. The fraction of sp³-hybridized carbons (Fsp3) is 0.318. The van der Waals surface area contributed by atoms with Gasteiger partial charge in [-0.05, 0) is 31.9 Å². The van der Waals surface area contributed by atoms with Crippen LogP contribution in [0, 0.1) is 12.8 Å². The Labute approximate surface area is 159 Å². The molecule has 1 heterocycles. The molecule has 5 nitrogen and oxygen atoms in total. The quantitative estimate of drug-likeness (QED) is 0.738. The maximum atomic E-state index is 13.0. The maximum Gasteiger partial charge on any atom is 0.162 e. The third kappa shape index (κ3) is 3.92. The van der Waals surface area contributed by atoms with Gasteiger partial charge in [0.15, 0.2) is 5.78 Å². The zero-order valence-electron chi connectivity index (χ0n) is 15.5. The van der Waals surface area contributed by atoms with E-state index in [1.165, 1.54) is 5.56 Å². The second-order valence-electron chi connectivity index (χ2n) is 7.24. The van der Waals surface area contributed by atoms with Crippen molar-refractivity contribution in [2.75, 3.05) is 11.9 Å². The molecule has 0 saturated heterocycles. The Morgan fingerprint density at radius 1 is 1.07 bits per heavy atom. The van der Waals surface area contributed by atoms with Crippen molar-refractivity contribution in [2.45, 2.75) is 32.2 Å². The third-order valence-corrected chi connectivity index (χ3v) is 5.26. The van der Waals surface area contributed by atoms with E-state index in [-0.39, 0.29) is 17.7 Å². The summed E-state index contributed by atoms with van der Waals surface area (Å²) in [5.41, 5.74) is 4.12. The summed E-state index contributed by atoms with van der Waals surface area (Å²) in [6.07, 6.45) is 4.68. The van der Waals surface area contributed by atoms with Gasteiger partial charge in [-0.1, -0.05) is 59.7 Å². The summed E-state index contributed by atoms with van der Waals surface area (Å²) in [5.74, 6) is 0.264. The first kappa shape index (κ1) is 17.5. The van der Waals surface area contributed by atoms with Crippen LogP contribution in [-0.4, -0.2) is 27.3 Å². The van der Waals surface area contributed by atoms with Crippen LogP contribution in [-0.2, 0) is 4.79 Å². The standard InChI is InChI=1S/C22H24N4O/c1-16-10-12-19(13-11-16)23-14-18-8-5-9-21(22(18)27)26-15-20(24-25-26)17-6-3-2-4-7-17/h2-4,6-7,10-13,15,18,21,23H,5,8-9,14H2,1H3/t18-,21?/m0/s1. The molecule has 2 atom stereocenters. The topological polar surface area (TPSA) is 59.8 Å². The van der Waals surface area contributed by atoms with E-state index in [0.29, 0.717) is 6.54 Å². The van der Waals surface area contributed by atoms with Gasteiger partial charge in [-0.25, -0.2) is 4.68 Å². The number of benzene rings is 2. The van der Waals surface area contributed by atoms with Gasteiger partial charge in [0.25, 0.3) is 0 Å². The lowest BCUT2D eigenvalue weighted by atomic mass is 9.84. The monoisotopic (exact) mass is 360 g/mol. The number of hydrogen-bond acceptors (Lipinski definition) is 4. The van der Waals surface area contributed by atoms with Crippen LogP contribution in [0.1, 0.15) is 30.9 Å². The fourth-order valence-electron chi connectivity index (χ4n) is 3.66. The van der Waals surface area contributed by atoms with E-state index in [2.05, 4.69) is 46.8 Å². The minimum Gasteiger partial charge on any atom is -0.384 e. The van der Waals surface area contributed by atoms with Gasteiger partial charge in [0.05, 0.1) is 6.20 Å². The summed E-state index contributed by atoms with van der Waals surface area (Å²) in [6, 6.07) is 18.0. The summed E-state index contributed by atoms with van der Waals surface area (Å²) < 4.78 is 1.75. The van der Waals surface area contributed by atoms with E-state index in [9.17, 15) is 4.79 Å². The highest BCUT2D eigenvalue weighted by molar-refractivity contribution is 5.86. The van der Waals surface area contributed by atoms with E-state index in [1.807, 2.05) is 36.5 Å². The molecule has 5 heteroatoms. The Bertz CT molecular complexity index is 902. The van der Waals surface area contributed by atoms with Crippen molar-refractivity contribution in [1.82, 2.24) is 15.0 Å². The number of aryl methyl sites for hydroxylation is 1. The van der Waals surface area contributed by atoms with Crippen LogP contribution in [0.5, 0.6) is 0 Å². The molecule has 4 rings (SSSR count). The van der Waals surface area contributed by atoms with Crippen LogP contribution in [0.4, 0.5) is 5.69 Å². The van der Waals surface area contributed by atoms with Gasteiger partial charge in [0.2, 0.25) is 0 Å². The predicted octanol–water partition coefficient (Wildman–Crippen LogP) is 4.28. The van der Waals surface area contributed by atoms with Crippen molar-refractivity contribution in [2.24, 2.45) is 5.92 Å². The first-order valence-electron chi connectivity index (χ1n) is 9.52. The molecule has 138 valence electrons. The van der Waals surface area contributed by atoms with E-state index < -0.39 is 0 Å². The molecular weight excluding hydrogens is 336 g/mol. The van der Waals surface area contributed by atoms with Gasteiger partial charge >= 0.3 is 0 Å². The number of carbonyl (C=O) groups is 1. The second kappa shape index (κ2) is 7.74. The number of carbonyl (C=O) groups excluding carboxylic acids is 1. The van der Waals surface area contributed by atoms with Gasteiger partial charge in [0.1, 0.15) is 11.7 Å². The van der Waals surface area contributed by atoms with Gasteiger partial charge in [0, 0.05) is 23.7 Å². The smallest absolute Gasteiger partial charge is 0.162 e. The van der Waals surface area contributed by atoms with Crippen LogP contribution in [0.3, 0.4) is 0 Å². The highest BCUT2D eigenvalue weighted by Gasteiger charge is 2.33. The normalized spacial score (nSPS) is 19.8. The molecule has 1 saturated carbocycles. The number of aromatic nitrogens is 3. The largest absolute Gasteiger partial charge is 0.384 e. The number of anilines is 1. The molecule has 3 aromatic rings. The molecule has 0 spiro atoms. The summed E-state index contributed by atoms with van der Waals surface area (Å²) in [5, 5.41) is 11.9. The highest BCUT2D eigenvalue weighted by atomic mass is 16.1. The van der Waals surface area contributed by atoms with Crippen molar-refractivity contribution in [3.05, 3.63) is 66.4 Å².